The van der Waals surface area contributed by atoms with Gasteiger partial charge < -0.3 is 4.57 Å². The number of Topliss-reactive ketones (excluding diaryl/α,β-unsaturated/α-hetero) is 1. The van der Waals surface area contributed by atoms with Gasteiger partial charge in [0, 0.05) is 21.5 Å². The predicted molar refractivity (Wildman–Crippen MR) is 95.8 cm³/mol. The smallest absolute Gasteiger partial charge is 0.171 e. The normalized spacial score (nSPS) is 11.2. The SMILES string of the molecule is CC(=O)c1ccc(P(=O)(c2ccccc2)c2ccccc2)cc1. The molecule has 23 heavy (non-hydrogen) atoms. The van der Waals surface area contributed by atoms with Gasteiger partial charge in [-0.3, -0.25) is 4.79 Å². The fourth-order valence-corrected chi connectivity index (χ4v) is 5.28. The molecule has 0 aliphatic carbocycles. The summed E-state index contributed by atoms with van der Waals surface area (Å²) in [5, 5.41) is 2.32. The predicted octanol–water partition coefficient (Wildman–Crippen LogP) is 3.53. The minimum atomic E-state index is -2.94. The highest BCUT2D eigenvalue weighted by Crippen LogP contribution is 2.42. The van der Waals surface area contributed by atoms with E-state index in [1.165, 1.54) is 6.92 Å². The van der Waals surface area contributed by atoms with E-state index < -0.39 is 7.14 Å². The Morgan fingerprint density at radius 2 is 1.04 bits per heavy atom. The van der Waals surface area contributed by atoms with Crippen molar-refractivity contribution in [1.82, 2.24) is 0 Å². The summed E-state index contributed by atoms with van der Waals surface area (Å²) in [7, 11) is -2.94. The molecule has 0 unspecified atom stereocenters. The quantitative estimate of drug-likeness (QED) is 0.544. The lowest BCUT2D eigenvalue weighted by atomic mass is 10.2. The maximum Gasteiger partial charge on any atom is 0.171 e. The lowest BCUT2D eigenvalue weighted by molar-refractivity contribution is 0.101. The van der Waals surface area contributed by atoms with E-state index in [0.717, 1.165) is 15.9 Å². The number of carbonyl (C=O) groups is 1. The molecule has 0 aliphatic heterocycles. The van der Waals surface area contributed by atoms with Crippen LogP contribution >= 0.6 is 7.14 Å². The summed E-state index contributed by atoms with van der Waals surface area (Å²) in [4.78, 5) is 11.5. The third kappa shape index (κ3) is 2.91. The molecule has 0 heterocycles. The molecule has 0 N–H and O–H groups in total. The van der Waals surface area contributed by atoms with Crippen molar-refractivity contribution in [3.63, 3.8) is 0 Å². The zero-order chi connectivity index (χ0) is 16.3. The van der Waals surface area contributed by atoms with Crippen LogP contribution in [0.4, 0.5) is 0 Å². The highest BCUT2D eigenvalue weighted by Gasteiger charge is 2.29. The highest BCUT2D eigenvalue weighted by atomic mass is 31.2. The van der Waals surface area contributed by atoms with Crippen molar-refractivity contribution in [3.8, 4) is 0 Å². The molecule has 2 nitrogen and oxygen atoms in total. The van der Waals surface area contributed by atoms with Crippen LogP contribution in [0.3, 0.4) is 0 Å². The van der Waals surface area contributed by atoms with Gasteiger partial charge in [-0.05, 0) is 6.92 Å². The van der Waals surface area contributed by atoms with Crippen LogP contribution in [0.5, 0.6) is 0 Å². The summed E-state index contributed by atoms with van der Waals surface area (Å²) in [6.07, 6.45) is 0. The van der Waals surface area contributed by atoms with Gasteiger partial charge in [0.05, 0.1) is 0 Å². The third-order valence-corrected chi connectivity index (χ3v) is 6.95. The Morgan fingerprint density at radius 3 is 1.43 bits per heavy atom. The van der Waals surface area contributed by atoms with Gasteiger partial charge in [-0.15, -0.1) is 0 Å². The fraction of sp³-hybridized carbons (Fsp3) is 0.0500. The third-order valence-electron chi connectivity index (χ3n) is 3.88. The van der Waals surface area contributed by atoms with Gasteiger partial charge in [0.2, 0.25) is 0 Å². The molecule has 0 aliphatic rings. The average molecular weight is 320 g/mol. The van der Waals surface area contributed by atoms with Crippen molar-refractivity contribution in [1.29, 1.82) is 0 Å². The van der Waals surface area contributed by atoms with Crippen molar-refractivity contribution >= 4 is 28.8 Å². The van der Waals surface area contributed by atoms with E-state index in [1.807, 2.05) is 60.7 Å². The molecule has 0 amide bonds. The van der Waals surface area contributed by atoms with Crippen molar-refractivity contribution < 1.29 is 9.36 Å². The molecule has 0 bridgehead atoms. The molecule has 0 spiro atoms. The van der Waals surface area contributed by atoms with E-state index in [9.17, 15) is 9.36 Å². The Morgan fingerprint density at radius 1 is 0.652 bits per heavy atom. The van der Waals surface area contributed by atoms with Crippen LogP contribution < -0.4 is 15.9 Å². The van der Waals surface area contributed by atoms with Crippen LogP contribution in [0, 0.1) is 0 Å². The van der Waals surface area contributed by atoms with E-state index >= 15 is 0 Å². The van der Waals surface area contributed by atoms with E-state index in [-0.39, 0.29) is 5.78 Å². The monoisotopic (exact) mass is 320 g/mol. The fourth-order valence-electron chi connectivity index (χ4n) is 2.63. The summed E-state index contributed by atoms with van der Waals surface area (Å²) in [6.45, 7) is 1.53. The average Bonchev–Trinajstić information content (AvgIpc) is 2.62. The van der Waals surface area contributed by atoms with Crippen LogP contribution in [-0.2, 0) is 4.57 Å². The lowest BCUT2D eigenvalue weighted by Crippen LogP contribution is -2.25. The number of rotatable bonds is 4. The van der Waals surface area contributed by atoms with Gasteiger partial charge >= 0.3 is 0 Å². The van der Waals surface area contributed by atoms with Crippen LogP contribution in [0.2, 0.25) is 0 Å². The van der Waals surface area contributed by atoms with Crippen molar-refractivity contribution in [3.05, 3.63) is 90.5 Å². The van der Waals surface area contributed by atoms with Gasteiger partial charge in [-0.2, -0.15) is 0 Å². The number of benzene rings is 3. The first-order valence-electron chi connectivity index (χ1n) is 7.45. The maximum atomic E-state index is 14.0. The summed E-state index contributed by atoms with van der Waals surface area (Å²) >= 11 is 0. The topological polar surface area (TPSA) is 34.1 Å². The molecule has 0 radical (unpaired) electrons. The maximum absolute atomic E-state index is 14.0. The van der Waals surface area contributed by atoms with Gasteiger partial charge in [0.25, 0.3) is 0 Å². The molecule has 3 aromatic rings. The second-order valence-corrected chi connectivity index (χ2v) is 8.15. The molecule has 0 saturated heterocycles. The molecule has 3 aromatic carbocycles. The van der Waals surface area contributed by atoms with Crippen LogP contribution in [0.15, 0.2) is 84.9 Å². The molecule has 0 saturated carbocycles. The highest BCUT2D eigenvalue weighted by molar-refractivity contribution is 7.85. The summed E-state index contributed by atoms with van der Waals surface area (Å²) < 4.78 is 14.0. The molecular weight excluding hydrogens is 303 g/mol. The van der Waals surface area contributed by atoms with E-state index in [1.54, 1.807) is 24.3 Å². The Bertz CT molecular complexity index is 810. The molecule has 0 atom stereocenters. The molecule has 0 fully saturated rings. The number of ketones is 1. The second-order valence-electron chi connectivity index (χ2n) is 5.38. The van der Waals surface area contributed by atoms with Gasteiger partial charge in [0.15, 0.2) is 12.9 Å². The first kappa shape index (κ1) is 15.5. The first-order chi connectivity index (χ1) is 11.1. The summed E-state index contributed by atoms with van der Waals surface area (Å²) in [5.41, 5.74) is 0.626. The van der Waals surface area contributed by atoms with Crippen molar-refractivity contribution in [2.24, 2.45) is 0 Å². The number of hydrogen-bond acceptors (Lipinski definition) is 2. The summed E-state index contributed by atoms with van der Waals surface area (Å²) in [5.74, 6) is 0.00537. The van der Waals surface area contributed by atoms with Crippen molar-refractivity contribution in [2.75, 3.05) is 0 Å². The number of carbonyl (C=O) groups excluding carboxylic acids is 1. The zero-order valence-electron chi connectivity index (χ0n) is 12.8. The largest absolute Gasteiger partial charge is 0.309 e. The van der Waals surface area contributed by atoms with Crippen molar-refractivity contribution in [2.45, 2.75) is 6.92 Å². The summed E-state index contributed by atoms with van der Waals surface area (Å²) in [6, 6.07) is 26.1. The van der Waals surface area contributed by atoms with Gasteiger partial charge in [0.1, 0.15) is 0 Å². The van der Waals surface area contributed by atoms with E-state index in [2.05, 4.69) is 0 Å². The van der Waals surface area contributed by atoms with Gasteiger partial charge in [-0.1, -0.05) is 84.9 Å². The molecule has 114 valence electrons. The molecule has 3 heteroatoms. The standard InChI is InChI=1S/C20H17O2P/c1-16(21)17-12-14-20(15-13-17)23(22,18-8-4-2-5-9-18)19-10-6-3-7-11-19/h2-15H,1H3. The Balaban J connectivity index is 2.21. The minimum Gasteiger partial charge on any atom is -0.309 e. The Kier molecular flexibility index (Phi) is 4.27. The molecule has 0 aromatic heterocycles. The van der Waals surface area contributed by atoms with Crippen LogP contribution in [0.1, 0.15) is 17.3 Å². The second kappa shape index (κ2) is 6.36. The zero-order valence-corrected chi connectivity index (χ0v) is 13.7. The van der Waals surface area contributed by atoms with Crippen LogP contribution in [-0.4, -0.2) is 5.78 Å². The Hall–Kier alpha value is -2.44. The first-order valence-corrected chi connectivity index (χ1v) is 9.16. The lowest BCUT2D eigenvalue weighted by Gasteiger charge is -2.20. The number of hydrogen-bond donors (Lipinski definition) is 0. The van der Waals surface area contributed by atoms with E-state index in [0.29, 0.717) is 5.56 Å². The molecule has 3 rings (SSSR count). The van der Waals surface area contributed by atoms with E-state index in [4.69, 9.17) is 0 Å². The minimum absolute atomic E-state index is 0.00537. The van der Waals surface area contributed by atoms with Crippen LogP contribution in [0.25, 0.3) is 0 Å². The Labute approximate surface area is 136 Å². The van der Waals surface area contributed by atoms with Gasteiger partial charge in [-0.25, -0.2) is 0 Å². The molecular formula is C20H17O2P.